The van der Waals surface area contributed by atoms with Crippen molar-refractivity contribution in [2.45, 2.75) is 10.6 Å². The van der Waals surface area contributed by atoms with Crippen LogP contribution < -0.4 is 4.90 Å². The third-order valence-corrected chi connectivity index (χ3v) is 5.19. The topological polar surface area (TPSA) is 87.0 Å². The summed E-state index contributed by atoms with van der Waals surface area (Å²) in [4.78, 5) is 17.2. The molecule has 2 aromatic rings. The van der Waals surface area contributed by atoms with Crippen molar-refractivity contribution in [1.82, 2.24) is 0 Å². The third kappa shape index (κ3) is 3.58. The minimum atomic E-state index is -3.31. The third-order valence-electron chi connectivity index (χ3n) is 3.81. The molecular formula is C17H15ClN2O4S. The molecule has 6 nitrogen and oxygen atoms in total. The normalized spacial score (nSPS) is 20.4. The second kappa shape index (κ2) is 6.25. The van der Waals surface area contributed by atoms with Gasteiger partial charge in [-0.2, -0.15) is 0 Å². The number of benzene rings is 2. The van der Waals surface area contributed by atoms with Gasteiger partial charge in [0.05, 0.1) is 11.4 Å². The average Bonchev–Trinajstić information content (AvgIpc) is 2.94. The predicted octanol–water partition coefficient (Wildman–Crippen LogP) is 1.90. The van der Waals surface area contributed by atoms with Crippen molar-refractivity contribution in [3.8, 4) is 0 Å². The standard InChI is InChI=1S/C17H15ClN2O4S/c1-25(23,24)15-8-6-14(7-9-15)20-10-17(22,11-21)19-16(20)12-2-4-13(18)5-3-12/h2-9,11,22H,10H2,1H3. The predicted molar refractivity (Wildman–Crippen MR) is 95.9 cm³/mol. The zero-order valence-corrected chi connectivity index (χ0v) is 14.8. The molecule has 1 aliphatic rings. The zero-order valence-electron chi connectivity index (χ0n) is 13.3. The molecule has 8 heteroatoms. The summed E-state index contributed by atoms with van der Waals surface area (Å²) in [5.41, 5.74) is -0.571. The van der Waals surface area contributed by atoms with E-state index in [1.807, 2.05) is 0 Å². The highest BCUT2D eigenvalue weighted by Gasteiger charge is 2.38. The molecule has 1 N–H and O–H groups in total. The highest BCUT2D eigenvalue weighted by atomic mass is 35.5. The van der Waals surface area contributed by atoms with Gasteiger partial charge in [-0.25, -0.2) is 13.4 Å². The van der Waals surface area contributed by atoms with Crippen molar-refractivity contribution in [3.63, 3.8) is 0 Å². The summed E-state index contributed by atoms with van der Waals surface area (Å²) in [5, 5.41) is 10.8. The van der Waals surface area contributed by atoms with E-state index in [1.54, 1.807) is 41.3 Å². The van der Waals surface area contributed by atoms with Crippen molar-refractivity contribution in [3.05, 3.63) is 59.1 Å². The molecule has 0 aromatic heterocycles. The molecule has 0 spiro atoms. The number of aliphatic imine (C=N–C) groups is 1. The molecule has 2 aromatic carbocycles. The highest BCUT2D eigenvalue weighted by molar-refractivity contribution is 7.90. The fourth-order valence-corrected chi connectivity index (χ4v) is 3.31. The molecule has 0 amide bonds. The Balaban J connectivity index is 2.03. The number of aldehydes is 1. The summed E-state index contributed by atoms with van der Waals surface area (Å²) in [6.45, 7) is -0.0628. The molecule has 0 aliphatic carbocycles. The minimum absolute atomic E-state index is 0.0628. The quantitative estimate of drug-likeness (QED) is 0.821. The van der Waals surface area contributed by atoms with Gasteiger partial charge in [-0.15, -0.1) is 0 Å². The molecule has 1 atom stereocenters. The number of aliphatic hydroxyl groups is 1. The van der Waals surface area contributed by atoms with Gasteiger partial charge >= 0.3 is 0 Å². The molecule has 25 heavy (non-hydrogen) atoms. The van der Waals surface area contributed by atoms with E-state index >= 15 is 0 Å². The van der Waals surface area contributed by atoms with Crippen LogP contribution in [0.5, 0.6) is 0 Å². The maximum absolute atomic E-state index is 11.6. The molecule has 1 aliphatic heterocycles. The fraction of sp³-hybridized carbons (Fsp3) is 0.176. The number of hydrogen-bond acceptors (Lipinski definition) is 6. The Morgan fingerprint density at radius 1 is 1.16 bits per heavy atom. The first-order chi connectivity index (χ1) is 11.7. The molecule has 1 heterocycles. The van der Waals surface area contributed by atoms with Crippen LogP contribution in [0.2, 0.25) is 5.02 Å². The summed E-state index contributed by atoms with van der Waals surface area (Å²) >= 11 is 5.90. The summed E-state index contributed by atoms with van der Waals surface area (Å²) in [7, 11) is -3.31. The second-order valence-corrected chi connectivity index (χ2v) is 8.24. The van der Waals surface area contributed by atoms with Crippen LogP contribution in [0.25, 0.3) is 0 Å². The number of β-amino-alcohol motifs (C(OH)–C–C–N with tert-alkyl or cyclic N) is 1. The number of carbonyl (C=O) groups excluding carboxylic acids is 1. The van der Waals surface area contributed by atoms with Crippen molar-refractivity contribution >= 4 is 39.2 Å². The largest absolute Gasteiger partial charge is 0.362 e. The van der Waals surface area contributed by atoms with E-state index in [9.17, 15) is 18.3 Å². The Morgan fingerprint density at radius 3 is 2.28 bits per heavy atom. The first-order valence-electron chi connectivity index (χ1n) is 7.34. The lowest BCUT2D eigenvalue weighted by molar-refractivity contribution is -0.121. The van der Waals surface area contributed by atoms with Crippen molar-refractivity contribution in [1.29, 1.82) is 0 Å². The molecule has 0 saturated heterocycles. The monoisotopic (exact) mass is 378 g/mol. The second-order valence-electron chi connectivity index (χ2n) is 5.79. The number of nitrogens with zero attached hydrogens (tertiary/aromatic N) is 2. The lowest BCUT2D eigenvalue weighted by Crippen LogP contribution is -2.37. The zero-order chi connectivity index (χ0) is 18.2. The summed E-state index contributed by atoms with van der Waals surface area (Å²) in [6.07, 6.45) is 1.51. The van der Waals surface area contributed by atoms with E-state index in [1.165, 1.54) is 12.1 Å². The minimum Gasteiger partial charge on any atom is -0.362 e. The van der Waals surface area contributed by atoms with Gasteiger partial charge in [0.25, 0.3) is 0 Å². The number of carbonyl (C=O) groups is 1. The number of sulfone groups is 1. The molecule has 0 radical (unpaired) electrons. The molecule has 3 rings (SSSR count). The first-order valence-corrected chi connectivity index (χ1v) is 9.61. The van der Waals surface area contributed by atoms with E-state index in [0.29, 0.717) is 28.4 Å². The maximum Gasteiger partial charge on any atom is 0.232 e. The van der Waals surface area contributed by atoms with Crippen molar-refractivity contribution in [2.75, 3.05) is 17.7 Å². The SMILES string of the molecule is CS(=O)(=O)c1ccc(N2CC(O)(C=O)N=C2c2ccc(Cl)cc2)cc1. The van der Waals surface area contributed by atoms with Crippen LogP contribution in [-0.2, 0) is 14.6 Å². The van der Waals surface area contributed by atoms with Gasteiger partial charge in [-0.3, -0.25) is 4.79 Å². The molecular weight excluding hydrogens is 364 g/mol. The van der Waals surface area contributed by atoms with Crippen molar-refractivity contribution < 1.29 is 18.3 Å². The molecule has 130 valence electrons. The number of anilines is 1. The lowest BCUT2D eigenvalue weighted by Gasteiger charge is -2.22. The summed E-state index contributed by atoms with van der Waals surface area (Å²) in [5.74, 6) is 0.401. The summed E-state index contributed by atoms with van der Waals surface area (Å²) in [6, 6.07) is 13.0. The van der Waals surface area contributed by atoms with Gasteiger partial charge in [0, 0.05) is 22.5 Å². The van der Waals surface area contributed by atoms with E-state index in [-0.39, 0.29) is 11.4 Å². The first kappa shape index (κ1) is 17.6. The van der Waals surface area contributed by atoms with Gasteiger partial charge < -0.3 is 10.0 Å². The van der Waals surface area contributed by atoms with Gasteiger partial charge in [0.2, 0.25) is 5.72 Å². The van der Waals surface area contributed by atoms with Gasteiger partial charge in [0.15, 0.2) is 16.1 Å². The van der Waals surface area contributed by atoms with Crippen LogP contribution in [0.4, 0.5) is 5.69 Å². The van der Waals surface area contributed by atoms with E-state index in [2.05, 4.69) is 4.99 Å². The van der Waals surface area contributed by atoms with E-state index in [0.717, 1.165) is 6.26 Å². The van der Waals surface area contributed by atoms with Gasteiger partial charge in [-0.1, -0.05) is 11.6 Å². The molecule has 0 bridgehead atoms. The number of rotatable bonds is 4. The van der Waals surface area contributed by atoms with Crippen LogP contribution >= 0.6 is 11.6 Å². The number of halogens is 1. The smallest absolute Gasteiger partial charge is 0.232 e. The van der Waals surface area contributed by atoms with Crippen LogP contribution in [0, 0.1) is 0 Å². The summed E-state index contributed by atoms with van der Waals surface area (Å²) < 4.78 is 23.2. The Morgan fingerprint density at radius 2 is 1.76 bits per heavy atom. The average molecular weight is 379 g/mol. The van der Waals surface area contributed by atoms with Gasteiger partial charge in [0.1, 0.15) is 5.84 Å². The Kier molecular flexibility index (Phi) is 4.40. The number of hydrogen-bond donors (Lipinski definition) is 1. The molecule has 0 saturated carbocycles. The Labute approximate surface area is 150 Å². The number of amidine groups is 1. The molecule has 0 fully saturated rings. The van der Waals surface area contributed by atoms with Crippen molar-refractivity contribution in [2.24, 2.45) is 4.99 Å². The highest BCUT2D eigenvalue weighted by Crippen LogP contribution is 2.28. The van der Waals surface area contributed by atoms with E-state index in [4.69, 9.17) is 11.6 Å². The fourth-order valence-electron chi connectivity index (χ4n) is 2.56. The van der Waals surface area contributed by atoms with Gasteiger partial charge in [-0.05, 0) is 48.5 Å². The van der Waals surface area contributed by atoms with Crippen LogP contribution in [0.3, 0.4) is 0 Å². The van der Waals surface area contributed by atoms with Crippen LogP contribution in [0.1, 0.15) is 5.56 Å². The Bertz CT molecular complexity index is 940. The lowest BCUT2D eigenvalue weighted by atomic mass is 10.1. The molecule has 1 unspecified atom stereocenters. The van der Waals surface area contributed by atoms with E-state index < -0.39 is 15.6 Å². The van der Waals surface area contributed by atoms with Crippen LogP contribution in [0.15, 0.2) is 58.4 Å². The maximum atomic E-state index is 11.6. The Hall–Kier alpha value is -2.22. The van der Waals surface area contributed by atoms with Crippen LogP contribution in [-0.4, -0.2) is 44.2 Å².